The Morgan fingerprint density at radius 2 is 1.68 bits per heavy atom. The highest BCUT2D eigenvalue weighted by molar-refractivity contribution is 5.91. The maximum Gasteiger partial charge on any atom is 0.243 e. The molecule has 1 aromatic rings. The molecular formula is C19H29N3O3. The molecule has 0 aliphatic heterocycles. The average Bonchev–Trinajstić information content (AvgIpc) is 2.53. The van der Waals surface area contributed by atoms with Crippen molar-refractivity contribution in [3.63, 3.8) is 0 Å². The van der Waals surface area contributed by atoms with Crippen LogP contribution in [0.1, 0.15) is 45.6 Å². The summed E-state index contributed by atoms with van der Waals surface area (Å²) >= 11 is 0. The summed E-state index contributed by atoms with van der Waals surface area (Å²) in [4.78, 5) is 35.4. The van der Waals surface area contributed by atoms with E-state index in [9.17, 15) is 14.4 Å². The number of amides is 3. The van der Waals surface area contributed by atoms with Crippen LogP contribution in [0.25, 0.3) is 0 Å². The molecule has 0 heterocycles. The Hall–Kier alpha value is -2.37. The SMILES string of the molecule is CC(=O)N[C@@H](CC(C)C)C(=O)N[C@@H](CCCc1ccccc1)C(N)=O. The summed E-state index contributed by atoms with van der Waals surface area (Å²) in [5.41, 5.74) is 6.60. The molecule has 138 valence electrons. The van der Waals surface area contributed by atoms with Gasteiger partial charge in [-0.3, -0.25) is 14.4 Å². The van der Waals surface area contributed by atoms with Gasteiger partial charge in [0.15, 0.2) is 0 Å². The van der Waals surface area contributed by atoms with Crippen molar-refractivity contribution in [1.82, 2.24) is 10.6 Å². The number of hydrogen-bond acceptors (Lipinski definition) is 3. The molecule has 6 heteroatoms. The molecule has 2 atom stereocenters. The van der Waals surface area contributed by atoms with Crippen molar-refractivity contribution in [3.8, 4) is 0 Å². The molecule has 4 N–H and O–H groups in total. The van der Waals surface area contributed by atoms with Crippen molar-refractivity contribution in [2.75, 3.05) is 0 Å². The quantitative estimate of drug-likeness (QED) is 0.598. The smallest absolute Gasteiger partial charge is 0.243 e. The van der Waals surface area contributed by atoms with Gasteiger partial charge in [-0.2, -0.15) is 0 Å². The summed E-state index contributed by atoms with van der Waals surface area (Å²) in [7, 11) is 0. The second-order valence-electron chi connectivity index (χ2n) is 6.72. The highest BCUT2D eigenvalue weighted by Crippen LogP contribution is 2.09. The molecule has 0 radical (unpaired) electrons. The molecular weight excluding hydrogens is 318 g/mol. The molecule has 0 aromatic heterocycles. The van der Waals surface area contributed by atoms with E-state index in [0.29, 0.717) is 12.8 Å². The van der Waals surface area contributed by atoms with Crippen LogP contribution < -0.4 is 16.4 Å². The predicted octanol–water partition coefficient (Wildman–Crippen LogP) is 1.53. The van der Waals surface area contributed by atoms with E-state index >= 15 is 0 Å². The Bertz CT molecular complexity index is 573. The molecule has 0 spiro atoms. The third-order valence-corrected chi connectivity index (χ3v) is 3.86. The minimum Gasteiger partial charge on any atom is -0.368 e. The normalized spacial score (nSPS) is 13.1. The molecule has 0 saturated carbocycles. The van der Waals surface area contributed by atoms with Crippen molar-refractivity contribution in [1.29, 1.82) is 0 Å². The summed E-state index contributed by atoms with van der Waals surface area (Å²) in [5.74, 6) is -0.979. The van der Waals surface area contributed by atoms with E-state index in [1.165, 1.54) is 12.5 Å². The largest absolute Gasteiger partial charge is 0.368 e. The van der Waals surface area contributed by atoms with E-state index in [1.807, 2.05) is 44.2 Å². The Kier molecular flexibility index (Phi) is 8.67. The standard InChI is InChI=1S/C19H29N3O3/c1-13(2)12-17(21-14(3)23)19(25)22-16(18(20)24)11-7-10-15-8-5-4-6-9-15/h4-6,8-9,13,16-17H,7,10-12H2,1-3H3,(H2,20,24)(H,21,23)(H,22,25)/t16-,17-/m0/s1. The van der Waals surface area contributed by atoms with Crippen LogP contribution in [0, 0.1) is 5.92 Å². The maximum atomic E-state index is 12.4. The van der Waals surface area contributed by atoms with Crippen molar-refractivity contribution in [3.05, 3.63) is 35.9 Å². The number of nitrogens with two attached hydrogens (primary N) is 1. The van der Waals surface area contributed by atoms with Gasteiger partial charge in [0.25, 0.3) is 0 Å². The Morgan fingerprint density at radius 3 is 2.20 bits per heavy atom. The van der Waals surface area contributed by atoms with Crippen LogP contribution in [0.2, 0.25) is 0 Å². The van der Waals surface area contributed by atoms with Gasteiger partial charge in [-0.05, 0) is 37.2 Å². The Balaban J connectivity index is 2.60. The lowest BCUT2D eigenvalue weighted by Gasteiger charge is -2.22. The number of primary amides is 1. The van der Waals surface area contributed by atoms with E-state index in [1.54, 1.807) is 0 Å². The fourth-order valence-corrected chi connectivity index (χ4v) is 2.66. The number of aryl methyl sites for hydroxylation is 1. The summed E-state index contributed by atoms with van der Waals surface area (Å²) in [6.45, 7) is 5.30. The lowest BCUT2D eigenvalue weighted by atomic mass is 10.0. The molecule has 3 amide bonds. The lowest BCUT2D eigenvalue weighted by Crippen LogP contribution is -2.53. The highest BCUT2D eigenvalue weighted by atomic mass is 16.2. The molecule has 0 saturated heterocycles. The third kappa shape index (κ3) is 8.33. The molecule has 6 nitrogen and oxygen atoms in total. The number of carbonyl (C=O) groups excluding carboxylic acids is 3. The Morgan fingerprint density at radius 1 is 1.04 bits per heavy atom. The maximum absolute atomic E-state index is 12.4. The van der Waals surface area contributed by atoms with E-state index in [4.69, 9.17) is 5.73 Å². The van der Waals surface area contributed by atoms with Crippen LogP contribution in [-0.4, -0.2) is 29.8 Å². The monoisotopic (exact) mass is 347 g/mol. The summed E-state index contributed by atoms with van der Waals surface area (Å²) in [5, 5.41) is 5.32. The van der Waals surface area contributed by atoms with Crippen molar-refractivity contribution < 1.29 is 14.4 Å². The first kappa shape index (κ1) is 20.7. The van der Waals surface area contributed by atoms with E-state index in [0.717, 1.165) is 12.8 Å². The number of hydrogen-bond donors (Lipinski definition) is 3. The van der Waals surface area contributed by atoms with Gasteiger partial charge >= 0.3 is 0 Å². The summed E-state index contributed by atoms with van der Waals surface area (Å²) < 4.78 is 0. The fourth-order valence-electron chi connectivity index (χ4n) is 2.66. The molecule has 0 unspecified atom stereocenters. The minimum atomic E-state index is -0.736. The first-order chi connectivity index (χ1) is 11.8. The number of rotatable bonds is 10. The van der Waals surface area contributed by atoms with Crippen LogP contribution in [0.5, 0.6) is 0 Å². The van der Waals surface area contributed by atoms with Gasteiger partial charge in [0.1, 0.15) is 12.1 Å². The number of carbonyl (C=O) groups is 3. The van der Waals surface area contributed by atoms with Gasteiger partial charge in [0, 0.05) is 6.92 Å². The van der Waals surface area contributed by atoms with E-state index in [-0.39, 0.29) is 17.7 Å². The van der Waals surface area contributed by atoms with E-state index < -0.39 is 18.0 Å². The van der Waals surface area contributed by atoms with Crippen LogP contribution >= 0.6 is 0 Å². The van der Waals surface area contributed by atoms with Gasteiger partial charge < -0.3 is 16.4 Å². The zero-order valence-corrected chi connectivity index (χ0v) is 15.2. The van der Waals surface area contributed by atoms with Gasteiger partial charge in [-0.15, -0.1) is 0 Å². The van der Waals surface area contributed by atoms with Crippen LogP contribution in [0.3, 0.4) is 0 Å². The van der Waals surface area contributed by atoms with Gasteiger partial charge in [-0.1, -0.05) is 44.2 Å². The van der Waals surface area contributed by atoms with E-state index in [2.05, 4.69) is 10.6 Å². The van der Waals surface area contributed by atoms with Gasteiger partial charge in [0.2, 0.25) is 17.7 Å². The molecule has 0 aliphatic rings. The predicted molar refractivity (Wildman–Crippen MR) is 97.6 cm³/mol. The molecule has 25 heavy (non-hydrogen) atoms. The molecule has 0 aliphatic carbocycles. The highest BCUT2D eigenvalue weighted by Gasteiger charge is 2.25. The van der Waals surface area contributed by atoms with Crippen LogP contribution in [0.15, 0.2) is 30.3 Å². The summed E-state index contributed by atoms with van der Waals surface area (Å²) in [6.07, 6.45) is 2.50. The summed E-state index contributed by atoms with van der Waals surface area (Å²) in [6, 6.07) is 8.53. The van der Waals surface area contributed by atoms with Gasteiger partial charge in [0.05, 0.1) is 0 Å². The first-order valence-electron chi connectivity index (χ1n) is 8.70. The molecule has 1 rings (SSSR count). The minimum absolute atomic E-state index is 0.229. The van der Waals surface area contributed by atoms with Crippen LogP contribution in [0.4, 0.5) is 0 Å². The first-order valence-corrected chi connectivity index (χ1v) is 8.70. The van der Waals surface area contributed by atoms with Gasteiger partial charge in [-0.25, -0.2) is 0 Å². The van der Waals surface area contributed by atoms with Crippen molar-refractivity contribution in [2.45, 2.75) is 58.5 Å². The third-order valence-electron chi connectivity index (χ3n) is 3.86. The van der Waals surface area contributed by atoms with Crippen molar-refractivity contribution in [2.24, 2.45) is 11.7 Å². The molecule has 0 bridgehead atoms. The van der Waals surface area contributed by atoms with Crippen LogP contribution in [-0.2, 0) is 20.8 Å². The second kappa shape index (κ2) is 10.5. The lowest BCUT2D eigenvalue weighted by molar-refractivity contribution is -0.131. The topological polar surface area (TPSA) is 101 Å². The zero-order chi connectivity index (χ0) is 18.8. The number of nitrogens with one attached hydrogen (secondary N) is 2. The second-order valence-corrected chi connectivity index (χ2v) is 6.72. The molecule has 0 fully saturated rings. The fraction of sp³-hybridized carbons (Fsp3) is 0.526. The average molecular weight is 347 g/mol. The number of benzene rings is 1. The Labute approximate surface area is 149 Å². The van der Waals surface area contributed by atoms with Crippen molar-refractivity contribution >= 4 is 17.7 Å². The zero-order valence-electron chi connectivity index (χ0n) is 15.2. The molecule has 1 aromatic carbocycles.